The third kappa shape index (κ3) is 3.52. The standard InChI is InChI=1S/C17H20N2O4S/c1-24(21,22)19-10-5-9-18(11-12-19)17(20)16-15(8-13-23-16)14-6-3-2-4-7-14/h2-4,6-8,13H,5,9-12H2,1H3. The number of carbonyl (C=O) groups is 1. The van der Waals surface area contributed by atoms with Crippen LogP contribution >= 0.6 is 0 Å². The maximum atomic E-state index is 12.8. The van der Waals surface area contributed by atoms with Crippen LogP contribution in [0.2, 0.25) is 0 Å². The first-order chi connectivity index (χ1) is 11.5. The fourth-order valence-corrected chi connectivity index (χ4v) is 3.77. The van der Waals surface area contributed by atoms with Crippen LogP contribution in [0.3, 0.4) is 0 Å². The highest BCUT2D eigenvalue weighted by molar-refractivity contribution is 7.88. The summed E-state index contributed by atoms with van der Waals surface area (Å²) in [6.07, 6.45) is 3.32. The molecule has 1 aromatic carbocycles. The summed E-state index contributed by atoms with van der Waals surface area (Å²) in [6, 6.07) is 11.4. The summed E-state index contributed by atoms with van der Waals surface area (Å²) in [6.45, 7) is 1.62. The highest BCUT2D eigenvalue weighted by Gasteiger charge is 2.27. The third-order valence-electron chi connectivity index (χ3n) is 4.16. The molecule has 0 bridgehead atoms. The molecular formula is C17H20N2O4S. The zero-order valence-corrected chi connectivity index (χ0v) is 14.3. The van der Waals surface area contributed by atoms with E-state index in [0.29, 0.717) is 38.4 Å². The minimum atomic E-state index is -3.23. The third-order valence-corrected chi connectivity index (χ3v) is 5.46. The molecule has 1 saturated heterocycles. The van der Waals surface area contributed by atoms with Crippen molar-refractivity contribution in [3.63, 3.8) is 0 Å². The van der Waals surface area contributed by atoms with E-state index in [9.17, 15) is 13.2 Å². The lowest BCUT2D eigenvalue weighted by Crippen LogP contribution is -2.37. The summed E-state index contributed by atoms with van der Waals surface area (Å²) >= 11 is 0. The zero-order chi connectivity index (χ0) is 17.2. The first-order valence-electron chi connectivity index (χ1n) is 7.84. The molecule has 128 valence electrons. The van der Waals surface area contributed by atoms with E-state index in [0.717, 1.165) is 11.1 Å². The van der Waals surface area contributed by atoms with Crippen LogP contribution in [0.25, 0.3) is 11.1 Å². The van der Waals surface area contributed by atoms with Gasteiger partial charge in [0.25, 0.3) is 5.91 Å². The van der Waals surface area contributed by atoms with Crippen LogP contribution in [0.4, 0.5) is 0 Å². The molecule has 0 aliphatic carbocycles. The Morgan fingerprint density at radius 3 is 2.50 bits per heavy atom. The van der Waals surface area contributed by atoms with Gasteiger partial charge in [-0.25, -0.2) is 12.7 Å². The van der Waals surface area contributed by atoms with Gasteiger partial charge < -0.3 is 9.32 Å². The minimum Gasteiger partial charge on any atom is -0.459 e. The molecule has 1 aliphatic rings. The number of sulfonamides is 1. The van der Waals surface area contributed by atoms with Crippen molar-refractivity contribution >= 4 is 15.9 Å². The molecule has 24 heavy (non-hydrogen) atoms. The Labute approximate surface area is 141 Å². The molecule has 1 aromatic heterocycles. The van der Waals surface area contributed by atoms with Crippen molar-refractivity contribution in [1.29, 1.82) is 0 Å². The van der Waals surface area contributed by atoms with Gasteiger partial charge >= 0.3 is 0 Å². The first kappa shape index (κ1) is 16.7. The van der Waals surface area contributed by atoms with Crippen LogP contribution in [-0.2, 0) is 10.0 Å². The number of rotatable bonds is 3. The number of nitrogens with zero attached hydrogens (tertiary/aromatic N) is 2. The summed E-state index contributed by atoms with van der Waals surface area (Å²) in [4.78, 5) is 14.5. The Morgan fingerprint density at radius 1 is 1.04 bits per heavy atom. The number of benzene rings is 1. The van der Waals surface area contributed by atoms with Crippen molar-refractivity contribution in [2.75, 3.05) is 32.4 Å². The molecule has 1 amide bonds. The van der Waals surface area contributed by atoms with Crippen molar-refractivity contribution < 1.29 is 17.6 Å². The minimum absolute atomic E-state index is 0.200. The van der Waals surface area contributed by atoms with Crippen molar-refractivity contribution in [1.82, 2.24) is 9.21 Å². The van der Waals surface area contributed by atoms with E-state index in [1.165, 1.54) is 16.8 Å². The molecule has 3 rings (SSSR count). The molecule has 2 heterocycles. The van der Waals surface area contributed by atoms with E-state index in [-0.39, 0.29) is 5.91 Å². The predicted octanol–water partition coefficient (Wildman–Crippen LogP) is 2.05. The number of amides is 1. The van der Waals surface area contributed by atoms with Crippen molar-refractivity contribution in [3.8, 4) is 11.1 Å². The molecule has 6 nitrogen and oxygen atoms in total. The van der Waals surface area contributed by atoms with Crippen LogP contribution in [0.5, 0.6) is 0 Å². The van der Waals surface area contributed by atoms with Crippen molar-refractivity contribution in [2.24, 2.45) is 0 Å². The van der Waals surface area contributed by atoms with Gasteiger partial charge in [0.15, 0.2) is 5.76 Å². The van der Waals surface area contributed by atoms with Crippen LogP contribution in [-0.4, -0.2) is 56.0 Å². The normalized spacial score (nSPS) is 16.8. The van der Waals surface area contributed by atoms with E-state index >= 15 is 0 Å². The number of furan rings is 1. The van der Waals surface area contributed by atoms with Gasteiger partial charge in [0.05, 0.1) is 12.5 Å². The van der Waals surface area contributed by atoms with E-state index in [1.54, 1.807) is 11.0 Å². The fraction of sp³-hybridized carbons (Fsp3) is 0.353. The molecule has 0 saturated carbocycles. The topological polar surface area (TPSA) is 70.8 Å². The summed E-state index contributed by atoms with van der Waals surface area (Å²) in [7, 11) is -3.23. The number of hydrogen-bond acceptors (Lipinski definition) is 4. The van der Waals surface area contributed by atoms with Gasteiger partial charge in [0, 0.05) is 31.7 Å². The van der Waals surface area contributed by atoms with E-state index in [1.807, 2.05) is 30.3 Å². The fourth-order valence-electron chi connectivity index (χ4n) is 2.89. The van der Waals surface area contributed by atoms with Gasteiger partial charge in [-0.15, -0.1) is 0 Å². The maximum absolute atomic E-state index is 12.8. The Balaban J connectivity index is 1.80. The lowest BCUT2D eigenvalue weighted by molar-refractivity contribution is 0.0733. The second-order valence-electron chi connectivity index (χ2n) is 5.84. The molecule has 0 atom stereocenters. The summed E-state index contributed by atoms with van der Waals surface area (Å²) in [5, 5.41) is 0. The Morgan fingerprint density at radius 2 is 1.79 bits per heavy atom. The van der Waals surface area contributed by atoms with Crippen LogP contribution in [0, 0.1) is 0 Å². The molecule has 1 aliphatic heterocycles. The highest BCUT2D eigenvalue weighted by atomic mass is 32.2. The van der Waals surface area contributed by atoms with Gasteiger partial charge in [-0.3, -0.25) is 4.79 Å². The summed E-state index contributed by atoms with van der Waals surface area (Å²) in [5.74, 6) is 0.100. The van der Waals surface area contributed by atoms with Crippen LogP contribution < -0.4 is 0 Å². The maximum Gasteiger partial charge on any atom is 0.290 e. The van der Waals surface area contributed by atoms with E-state index in [2.05, 4.69) is 0 Å². The Bertz CT molecular complexity index is 814. The van der Waals surface area contributed by atoms with Gasteiger partial charge in [-0.1, -0.05) is 30.3 Å². The van der Waals surface area contributed by atoms with E-state index < -0.39 is 10.0 Å². The largest absolute Gasteiger partial charge is 0.459 e. The molecule has 0 unspecified atom stereocenters. The monoisotopic (exact) mass is 348 g/mol. The molecule has 1 fully saturated rings. The molecule has 7 heteroatoms. The smallest absolute Gasteiger partial charge is 0.290 e. The molecule has 0 N–H and O–H groups in total. The highest BCUT2D eigenvalue weighted by Crippen LogP contribution is 2.26. The SMILES string of the molecule is CS(=O)(=O)N1CCCN(C(=O)c2occc2-c2ccccc2)CC1. The summed E-state index contributed by atoms with van der Waals surface area (Å²) in [5.41, 5.74) is 1.67. The average molecular weight is 348 g/mol. The number of hydrogen-bond donors (Lipinski definition) is 0. The van der Waals surface area contributed by atoms with E-state index in [4.69, 9.17) is 4.42 Å². The molecule has 2 aromatic rings. The van der Waals surface area contributed by atoms with Gasteiger partial charge in [0.1, 0.15) is 0 Å². The van der Waals surface area contributed by atoms with Gasteiger partial charge in [0.2, 0.25) is 10.0 Å². The predicted molar refractivity (Wildman–Crippen MR) is 91.1 cm³/mol. The van der Waals surface area contributed by atoms with Crippen molar-refractivity contribution in [3.05, 3.63) is 48.4 Å². The quantitative estimate of drug-likeness (QED) is 0.851. The Hall–Kier alpha value is -2.12. The first-order valence-corrected chi connectivity index (χ1v) is 9.69. The lowest BCUT2D eigenvalue weighted by Gasteiger charge is -2.20. The van der Waals surface area contributed by atoms with Crippen LogP contribution in [0.15, 0.2) is 47.1 Å². The second kappa shape index (κ2) is 6.78. The molecule has 0 spiro atoms. The molecular weight excluding hydrogens is 328 g/mol. The molecule has 0 radical (unpaired) electrons. The average Bonchev–Trinajstić information content (AvgIpc) is 2.90. The number of carbonyl (C=O) groups excluding carboxylic acids is 1. The summed E-state index contributed by atoms with van der Waals surface area (Å²) < 4.78 is 30.2. The van der Waals surface area contributed by atoms with Gasteiger partial charge in [-0.05, 0) is 18.1 Å². The zero-order valence-electron chi connectivity index (χ0n) is 13.5. The van der Waals surface area contributed by atoms with Gasteiger partial charge in [-0.2, -0.15) is 0 Å². The second-order valence-corrected chi connectivity index (χ2v) is 7.82. The van der Waals surface area contributed by atoms with Crippen molar-refractivity contribution in [2.45, 2.75) is 6.42 Å². The lowest BCUT2D eigenvalue weighted by atomic mass is 10.1. The Kier molecular flexibility index (Phi) is 4.73. The van der Waals surface area contributed by atoms with Crippen LogP contribution in [0.1, 0.15) is 17.0 Å².